The van der Waals surface area contributed by atoms with E-state index in [9.17, 15) is 14.0 Å². The first-order valence-corrected chi connectivity index (χ1v) is 10.9. The lowest BCUT2D eigenvalue weighted by Gasteiger charge is -2.47. The van der Waals surface area contributed by atoms with E-state index in [0.717, 1.165) is 70.5 Å². The molecule has 1 atom stereocenters. The monoisotopic (exact) mass is 402 g/mol. The van der Waals surface area contributed by atoms with Crippen molar-refractivity contribution < 1.29 is 18.7 Å². The summed E-state index contributed by atoms with van der Waals surface area (Å²) in [6.07, 6.45) is 6.92. The fourth-order valence-electron chi connectivity index (χ4n) is 5.00. The van der Waals surface area contributed by atoms with Crippen molar-refractivity contribution in [3.05, 3.63) is 35.6 Å². The van der Waals surface area contributed by atoms with Crippen molar-refractivity contribution in [1.29, 1.82) is 0 Å². The zero-order chi connectivity index (χ0) is 20.3. The zero-order valence-corrected chi connectivity index (χ0v) is 17.1. The molecule has 0 aliphatic carbocycles. The third kappa shape index (κ3) is 4.97. The maximum absolute atomic E-state index is 13.0. The molecule has 0 aromatic heterocycles. The van der Waals surface area contributed by atoms with Gasteiger partial charge in [0.05, 0.1) is 6.10 Å². The lowest BCUT2D eigenvalue weighted by atomic mass is 9.72. The molecule has 29 heavy (non-hydrogen) atoms. The first kappa shape index (κ1) is 20.3. The molecule has 5 nitrogen and oxygen atoms in total. The molecular weight excluding hydrogens is 371 g/mol. The minimum atomic E-state index is -0.249. The summed E-state index contributed by atoms with van der Waals surface area (Å²) in [7, 11) is 0. The van der Waals surface area contributed by atoms with E-state index in [2.05, 4.69) is 0 Å². The number of hydrogen-bond donors (Lipinski definition) is 0. The maximum atomic E-state index is 13.0. The van der Waals surface area contributed by atoms with Crippen LogP contribution in [0.25, 0.3) is 0 Å². The molecule has 3 saturated heterocycles. The molecular formula is C23H31FN2O3. The number of carbonyl (C=O) groups is 2. The van der Waals surface area contributed by atoms with Crippen LogP contribution < -0.4 is 0 Å². The second kappa shape index (κ2) is 8.82. The Labute approximate surface area is 172 Å². The minimum Gasteiger partial charge on any atom is -0.376 e. The molecule has 6 heteroatoms. The highest BCUT2D eigenvalue weighted by atomic mass is 19.1. The Hall–Kier alpha value is -1.95. The van der Waals surface area contributed by atoms with E-state index in [0.29, 0.717) is 19.3 Å². The number of aryl methyl sites for hydroxylation is 1. The average molecular weight is 403 g/mol. The highest BCUT2D eigenvalue weighted by Crippen LogP contribution is 2.40. The topological polar surface area (TPSA) is 49.9 Å². The van der Waals surface area contributed by atoms with Crippen molar-refractivity contribution in [2.75, 3.05) is 32.8 Å². The number of hydrogen-bond acceptors (Lipinski definition) is 3. The number of likely N-dealkylation sites (tertiary alicyclic amines) is 2. The van der Waals surface area contributed by atoms with Gasteiger partial charge in [-0.2, -0.15) is 0 Å². The fourth-order valence-corrected chi connectivity index (χ4v) is 5.00. The summed E-state index contributed by atoms with van der Waals surface area (Å²) in [5, 5.41) is 0. The quantitative estimate of drug-likeness (QED) is 0.760. The molecule has 3 heterocycles. The van der Waals surface area contributed by atoms with Gasteiger partial charge in [0.25, 0.3) is 0 Å². The second-order valence-electron chi connectivity index (χ2n) is 8.92. The molecule has 158 valence electrons. The van der Waals surface area contributed by atoms with Crippen molar-refractivity contribution in [3.63, 3.8) is 0 Å². The second-order valence-corrected chi connectivity index (χ2v) is 8.92. The summed E-state index contributed by atoms with van der Waals surface area (Å²) in [5.74, 6) is 0.178. The van der Waals surface area contributed by atoms with Crippen LogP contribution in [-0.2, 0) is 20.7 Å². The van der Waals surface area contributed by atoms with Gasteiger partial charge in [-0.3, -0.25) is 9.59 Å². The van der Waals surface area contributed by atoms with Gasteiger partial charge in [-0.1, -0.05) is 12.1 Å². The van der Waals surface area contributed by atoms with E-state index < -0.39 is 0 Å². The number of benzene rings is 1. The Bertz CT molecular complexity index is 722. The maximum Gasteiger partial charge on any atom is 0.222 e. The lowest BCUT2D eigenvalue weighted by Crippen LogP contribution is -2.53. The number of ether oxygens (including phenoxy) is 1. The molecule has 0 radical (unpaired) electrons. The molecule has 0 saturated carbocycles. The Kier molecular flexibility index (Phi) is 6.18. The highest BCUT2D eigenvalue weighted by molar-refractivity contribution is 5.78. The minimum absolute atomic E-state index is 0.153. The van der Waals surface area contributed by atoms with Crippen LogP contribution in [0.1, 0.15) is 50.5 Å². The van der Waals surface area contributed by atoms with Crippen LogP contribution >= 0.6 is 0 Å². The Morgan fingerprint density at radius 3 is 2.62 bits per heavy atom. The molecule has 4 rings (SSSR count). The van der Waals surface area contributed by atoms with Crippen molar-refractivity contribution >= 4 is 11.8 Å². The molecule has 1 aromatic carbocycles. The van der Waals surface area contributed by atoms with Gasteiger partial charge in [-0.25, -0.2) is 4.39 Å². The molecule has 1 spiro atoms. The molecule has 2 amide bonds. The van der Waals surface area contributed by atoms with Gasteiger partial charge in [0.1, 0.15) is 5.82 Å². The van der Waals surface area contributed by atoms with Crippen LogP contribution in [0.3, 0.4) is 0 Å². The van der Waals surface area contributed by atoms with Crippen molar-refractivity contribution in [1.82, 2.24) is 9.80 Å². The molecule has 1 aromatic rings. The lowest BCUT2D eigenvalue weighted by molar-refractivity contribution is -0.144. The summed E-state index contributed by atoms with van der Waals surface area (Å²) in [4.78, 5) is 29.0. The van der Waals surface area contributed by atoms with Gasteiger partial charge in [0, 0.05) is 45.6 Å². The Morgan fingerprint density at radius 2 is 1.93 bits per heavy atom. The van der Waals surface area contributed by atoms with Crippen LogP contribution in [0.5, 0.6) is 0 Å². The van der Waals surface area contributed by atoms with Gasteiger partial charge in [0.15, 0.2) is 0 Å². The summed E-state index contributed by atoms with van der Waals surface area (Å²) >= 11 is 0. The predicted octanol–water partition coefficient (Wildman–Crippen LogP) is 3.17. The summed E-state index contributed by atoms with van der Waals surface area (Å²) in [6, 6.07) is 6.37. The first-order valence-electron chi connectivity index (χ1n) is 10.9. The van der Waals surface area contributed by atoms with E-state index in [1.807, 2.05) is 9.80 Å². The average Bonchev–Trinajstić information content (AvgIpc) is 3.24. The Morgan fingerprint density at radius 1 is 1.17 bits per heavy atom. The number of nitrogens with zero attached hydrogens (tertiary/aromatic N) is 2. The fraction of sp³-hybridized carbons (Fsp3) is 0.652. The number of carbonyl (C=O) groups excluding carboxylic acids is 2. The van der Waals surface area contributed by atoms with Gasteiger partial charge in [-0.05, 0) is 61.6 Å². The molecule has 3 aliphatic heterocycles. The normalized spacial score (nSPS) is 24.3. The van der Waals surface area contributed by atoms with E-state index in [1.165, 1.54) is 12.1 Å². The van der Waals surface area contributed by atoms with Crippen molar-refractivity contribution in [2.45, 2.75) is 57.5 Å². The molecule has 0 bridgehead atoms. The van der Waals surface area contributed by atoms with Gasteiger partial charge in [0.2, 0.25) is 11.8 Å². The summed E-state index contributed by atoms with van der Waals surface area (Å²) in [5.41, 5.74) is 1.14. The van der Waals surface area contributed by atoms with E-state index in [-0.39, 0.29) is 29.2 Å². The van der Waals surface area contributed by atoms with Crippen LogP contribution in [0.2, 0.25) is 0 Å². The predicted molar refractivity (Wildman–Crippen MR) is 108 cm³/mol. The molecule has 3 aliphatic rings. The zero-order valence-electron chi connectivity index (χ0n) is 17.1. The van der Waals surface area contributed by atoms with E-state index in [1.54, 1.807) is 12.1 Å². The number of rotatable bonds is 5. The van der Waals surface area contributed by atoms with Crippen LogP contribution in [0, 0.1) is 11.2 Å². The Balaban J connectivity index is 1.26. The van der Waals surface area contributed by atoms with Gasteiger partial charge >= 0.3 is 0 Å². The van der Waals surface area contributed by atoms with Gasteiger partial charge < -0.3 is 14.5 Å². The third-order valence-corrected chi connectivity index (χ3v) is 6.91. The molecule has 3 fully saturated rings. The number of piperidine rings is 2. The smallest absolute Gasteiger partial charge is 0.222 e. The molecule has 0 unspecified atom stereocenters. The third-order valence-electron chi connectivity index (χ3n) is 6.91. The molecule has 0 N–H and O–H groups in total. The first-order chi connectivity index (χ1) is 14.0. The number of amides is 2. The highest BCUT2D eigenvalue weighted by Gasteiger charge is 2.42. The van der Waals surface area contributed by atoms with E-state index in [4.69, 9.17) is 4.74 Å². The van der Waals surface area contributed by atoms with Crippen molar-refractivity contribution in [2.24, 2.45) is 5.41 Å². The number of halogens is 1. The summed E-state index contributed by atoms with van der Waals surface area (Å²) in [6.45, 7) is 3.88. The van der Waals surface area contributed by atoms with Crippen LogP contribution in [-0.4, -0.2) is 60.5 Å². The largest absolute Gasteiger partial charge is 0.376 e. The SMILES string of the molecule is O=C(CCc1ccc(F)cc1)N1CCC2(CCC(=O)N(C[C@H]3CCCO3)C2)CC1. The van der Waals surface area contributed by atoms with Crippen LogP contribution in [0.15, 0.2) is 24.3 Å². The standard InChI is InChI=1S/C23H31FN2O3/c24-19-6-3-18(4-7-19)5-8-21(27)25-13-11-23(12-14-25)10-9-22(28)26(17-23)16-20-2-1-15-29-20/h3-4,6-7,20H,1-2,5,8-17H2/t20-/m1/s1. The van der Waals surface area contributed by atoms with Gasteiger partial charge in [-0.15, -0.1) is 0 Å². The summed E-state index contributed by atoms with van der Waals surface area (Å²) < 4.78 is 18.7. The van der Waals surface area contributed by atoms with Crippen molar-refractivity contribution in [3.8, 4) is 0 Å². The van der Waals surface area contributed by atoms with Crippen LogP contribution in [0.4, 0.5) is 4.39 Å². The van der Waals surface area contributed by atoms with E-state index >= 15 is 0 Å².